The van der Waals surface area contributed by atoms with Crippen molar-refractivity contribution in [3.05, 3.63) is 20.8 Å². The number of carbonyl (C=O) groups is 1. The second-order valence-corrected chi connectivity index (χ2v) is 5.77. The minimum atomic E-state index is 0.0632. The average molecular weight is 305 g/mol. The van der Waals surface area contributed by atoms with E-state index in [0.29, 0.717) is 6.54 Å². The summed E-state index contributed by atoms with van der Waals surface area (Å²) in [6.07, 6.45) is 0. The van der Waals surface area contributed by atoms with Gasteiger partial charge in [-0.15, -0.1) is 11.3 Å². The summed E-state index contributed by atoms with van der Waals surface area (Å²) in [5, 5.41) is 8.22. The Morgan fingerprint density at radius 3 is 2.81 bits per heavy atom. The summed E-state index contributed by atoms with van der Waals surface area (Å²) in [6.45, 7) is 6.13. The number of nitrogens with one attached hydrogen (secondary N) is 2. The molecule has 1 heterocycles. The van der Waals surface area contributed by atoms with Gasteiger partial charge in [0.25, 0.3) is 0 Å². The molecular weight excluding hydrogens is 288 g/mol. The van der Waals surface area contributed by atoms with E-state index in [9.17, 15) is 4.79 Å². The van der Waals surface area contributed by atoms with E-state index in [4.69, 9.17) is 0 Å². The van der Waals surface area contributed by atoms with Crippen LogP contribution in [0.5, 0.6) is 0 Å². The monoisotopic (exact) mass is 304 g/mol. The summed E-state index contributed by atoms with van der Waals surface area (Å²) in [5.74, 6) is 0.175. The highest BCUT2D eigenvalue weighted by Crippen LogP contribution is 2.19. The standard InChI is InChI=1S/C11H17BrN2OS/c1-8(2)11(15)14-4-3-13-6-10-5-9(12)7-16-10/h5,7-8,13H,3-4,6H2,1-2H3,(H,14,15). The first-order chi connectivity index (χ1) is 7.59. The topological polar surface area (TPSA) is 41.1 Å². The van der Waals surface area contributed by atoms with Crippen LogP contribution in [0.15, 0.2) is 15.9 Å². The average Bonchev–Trinajstić information content (AvgIpc) is 2.63. The summed E-state index contributed by atoms with van der Waals surface area (Å²) in [7, 11) is 0. The first kappa shape index (κ1) is 13.7. The fourth-order valence-corrected chi connectivity index (χ4v) is 2.56. The Morgan fingerprint density at radius 2 is 2.25 bits per heavy atom. The molecule has 0 aliphatic rings. The molecule has 2 N–H and O–H groups in total. The van der Waals surface area contributed by atoms with Gasteiger partial charge >= 0.3 is 0 Å². The minimum absolute atomic E-state index is 0.0632. The predicted octanol–water partition coefficient (Wildman–Crippen LogP) is 2.37. The largest absolute Gasteiger partial charge is 0.355 e. The number of hydrogen-bond donors (Lipinski definition) is 2. The molecule has 90 valence electrons. The molecule has 0 atom stereocenters. The highest BCUT2D eigenvalue weighted by atomic mass is 79.9. The molecule has 0 aromatic carbocycles. The molecule has 0 radical (unpaired) electrons. The third kappa shape index (κ3) is 5.09. The van der Waals surface area contributed by atoms with E-state index in [1.54, 1.807) is 11.3 Å². The lowest BCUT2D eigenvalue weighted by atomic mass is 10.2. The molecule has 0 aliphatic carbocycles. The van der Waals surface area contributed by atoms with Crippen molar-refractivity contribution in [2.45, 2.75) is 20.4 Å². The van der Waals surface area contributed by atoms with Crippen molar-refractivity contribution in [2.24, 2.45) is 5.92 Å². The number of halogens is 1. The third-order valence-corrected chi connectivity index (χ3v) is 3.74. The summed E-state index contributed by atoms with van der Waals surface area (Å²) in [6, 6.07) is 2.10. The first-order valence-corrected chi connectivity index (χ1v) is 6.98. The van der Waals surface area contributed by atoms with Gasteiger partial charge < -0.3 is 10.6 Å². The Bertz CT molecular complexity index is 338. The smallest absolute Gasteiger partial charge is 0.222 e. The molecule has 0 bridgehead atoms. The van der Waals surface area contributed by atoms with Gasteiger partial charge in [0.05, 0.1) is 0 Å². The number of hydrogen-bond acceptors (Lipinski definition) is 3. The van der Waals surface area contributed by atoms with E-state index in [2.05, 4.69) is 38.0 Å². The van der Waals surface area contributed by atoms with E-state index in [0.717, 1.165) is 17.6 Å². The number of thiophene rings is 1. The molecule has 1 aromatic rings. The summed E-state index contributed by atoms with van der Waals surface area (Å²) >= 11 is 5.14. The lowest BCUT2D eigenvalue weighted by Gasteiger charge is -2.07. The Hall–Kier alpha value is -0.390. The lowest BCUT2D eigenvalue weighted by molar-refractivity contribution is -0.123. The van der Waals surface area contributed by atoms with Crippen molar-refractivity contribution in [3.8, 4) is 0 Å². The Labute approximate surface area is 109 Å². The number of rotatable bonds is 6. The molecule has 0 aliphatic heterocycles. The minimum Gasteiger partial charge on any atom is -0.355 e. The maximum atomic E-state index is 11.2. The van der Waals surface area contributed by atoms with Crippen LogP contribution in [0.4, 0.5) is 0 Å². The Balaban J connectivity index is 2.06. The van der Waals surface area contributed by atoms with Gasteiger partial charge in [0.1, 0.15) is 0 Å². The fraction of sp³-hybridized carbons (Fsp3) is 0.545. The summed E-state index contributed by atoms with van der Waals surface area (Å²) in [4.78, 5) is 12.5. The predicted molar refractivity (Wildman–Crippen MR) is 71.6 cm³/mol. The Morgan fingerprint density at radius 1 is 1.50 bits per heavy atom. The van der Waals surface area contributed by atoms with Crippen LogP contribution >= 0.6 is 27.3 Å². The SMILES string of the molecule is CC(C)C(=O)NCCNCc1cc(Br)cs1. The van der Waals surface area contributed by atoms with Gasteiger partial charge in [0, 0.05) is 40.3 Å². The van der Waals surface area contributed by atoms with Crippen molar-refractivity contribution in [1.29, 1.82) is 0 Å². The molecule has 1 rings (SSSR count). The number of amides is 1. The fourth-order valence-electron chi connectivity index (χ4n) is 1.14. The van der Waals surface area contributed by atoms with Crippen LogP contribution in [0.2, 0.25) is 0 Å². The van der Waals surface area contributed by atoms with Gasteiger partial charge in [0.2, 0.25) is 5.91 Å². The molecule has 0 spiro atoms. The van der Waals surface area contributed by atoms with Gasteiger partial charge in [-0.05, 0) is 22.0 Å². The molecule has 0 saturated heterocycles. The highest BCUT2D eigenvalue weighted by molar-refractivity contribution is 9.10. The normalized spacial score (nSPS) is 10.8. The molecule has 1 amide bonds. The highest BCUT2D eigenvalue weighted by Gasteiger charge is 2.04. The number of carbonyl (C=O) groups excluding carboxylic acids is 1. The van der Waals surface area contributed by atoms with Crippen LogP contribution in [0, 0.1) is 5.92 Å². The van der Waals surface area contributed by atoms with Crippen LogP contribution in [-0.4, -0.2) is 19.0 Å². The van der Waals surface area contributed by atoms with E-state index in [1.165, 1.54) is 4.88 Å². The van der Waals surface area contributed by atoms with Crippen molar-refractivity contribution in [3.63, 3.8) is 0 Å². The van der Waals surface area contributed by atoms with Gasteiger partial charge in [-0.2, -0.15) is 0 Å². The maximum Gasteiger partial charge on any atom is 0.222 e. The molecule has 0 saturated carbocycles. The quantitative estimate of drug-likeness (QED) is 0.792. The van der Waals surface area contributed by atoms with Gasteiger partial charge in [-0.25, -0.2) is 0 Å². The molecule has 0 unspecified atom stereocenters. The van der Waals surface area contributed by atoms with Crippen LogP contribution in [0.3, 0.4) is 0 Å². The Kier molecular flexibility index (Phi) is 6.01. The molecule has 16 heavy (non-hydrogen) atoms. The van der Waals surface area contributed by atoms with Gasteiger partial charge in [-0.3, -0.25) is 4.79 Å². The van der Waals surface area contributed by atoms with E-state index >= 15 is 0 Å². The van der Waals surface area contributed by atoms with Crippen LogP contribution < -0.4 is 10.6 Å². The molecule has 5 heteroatoms. The summed E-state index contributed by atoms with van der Waals surface area (Å²) < 4.78 is 1.13. The van der Waals surface area contributed by atoms with Crippen molar-refractivity contribution in [1.82, 2.24) is 10.6 Å². The van der Waals surface area contributed by atoms with E-state index < -0.39 is 0 Å². The van der Waals surface area contributed by atoms with E-state index in [-0.39, 0.29) is 11.8 Å². The van der Waals surface area contributed by atoms with E-state index in [1.807, 2.05) is 13.8 Å². The molecule has 0 fully saturated rings. The summed E-state index contributed by atoms with van der Waals surface area (Å²) in [5.41, 5.74) is 0. The van der Waals surface area contributed by atoms with Gasteiger partial charge in [-0.1, -0.05) is 13.8 Å². The van der Waals surface area contributed by atoms with Crippen LogP contribution in [0.25, 0.3) is 0 Å². The zero-order valence-electron chi connectivity index (χ0n) is 9.55. The van der Waals surface area contributed by atoms with Crippen LogP contribution in [-0.2, 0) is 11.3 Å². The van der Waals surface area contributed by atoms with Crippen molar-refractivity contribution < 1.29 is 4.79 Å². The zero-order valence-corrected chi connectivity index (χ0v) is 12.0. The molecule has 3 nitrogen and oxygen atoms in total. The second kappa shape index (κ2) is 7.04. The van der Waals surface area contributed by atoms with Crippen molar-refractivity contribution >= 4 is 33.2 Å². The van der Waals surface area contributed by atoms with Gasteiger partial charge in [0.15, 0.2) is 0 Å². The first-order valence-electron chi connectivity index (χ1n) is 5.31. The van der Waals surface area contributed by atoms with Crippen LogP contribution in [0.1, 0.15) is 18.7 Å². The lowest BCUT2D eigenvalue weighted by Crippen LogP contribution is -2.33. The molecule has 1 aromatic heterocycles. The maximum absolute atomic E-state index is 11.2. The molecular formula is C11H17BrN2OS. The zero-order chi connectivity index (χ0) is 12.0. The third-order valence-electron chi connectivity index (χ3n) is 2.05. The second-order valence-electron chi connectivity index (χ2n) is 3.85. The van der Waals surface area contributed by atoms with Crippen molar-refractivity contribution in [2.75, 3.05) is 13.1 Å².